The summed E-state index contributed by atoms with van der Waals surface area (Å²) in [5.41, 5.74) is 1.52. The van der Waals surface area contributed by atoms with Crippen LogP contribution in [0.25, 0.3) is 11.3 Å². The Hall–Kier alpha value is -2.50. The minimum Gasteiger partial charge on any atom is -0.486 e. The number of rotatable bonds is 3. The molecule has 1 aromatic heterocycles. The van der Waals surface area contributed by atoms with E-state index in [4.69, 9.17) is 14.0 Å². The molecule has 2 aliphatic heterocycles. The minimum absolute atomic E-state index is 0.120. The van der Waals surface area contributed by atoms with E-state index < -0.39 is 0 Å². The fraction of sp³-hybridized carbons (Fsp3) is 0.474. The van der Waals surface area contributed by atoms with Crippen LogP contribution in [0.1, 0.15) is 31.9 Å². The van der Waals surface area contributed by atoms with Crippen LogP contribution in [-0.4, -0.2) is 41.8 Å². The number of benzene rings is 1. The number of amides is 1. The molecule has 2 aliphatic rings. The lowest BCUT2D eigenvalue weighted by molar-refractivity contribution is -0.133. The van der Waals surface area contributed by atoms with E-state index in [0.717, 1.165) is 30.7 Å². The van der Waals surface area contributed by atoms with Gasteiger partial charge in [0.25, 0.3) is 0 Å². The van der Waals surface area contributed by atoms with Crippen molar-refractivity contribution in [2.24, 2.45) is 0 Å². The Morgan fingerprint density at radius 3 is 2.88 bits per heavy atom. The summed E-state index contributed by atoms with van der Waals surface area (Å²) in [5.74, 6) is 2.20. The Bertz CT molecular complexity index is 771. The number of hydrogen-bond donors (Lipinski definition) is 0. The highest BCUT2D eigenvalue weighted by atomic mass is 16.6. The molecule has 1 unspecified atom stereocenters. The third-order valence-corrected chi connectivity index (χ3v) is 4.84. The molecular formula is C19H22N2O4. The van der Waals surface area contributed by atoms with Crippen molar-refractivity contribution in [1.82, 2.24) is 10.1 Å². The molecule has 0 aliphatic carbocycles. The van der Waals surface area contributed by atoms with Gasteiger partial charge in [0.2, 0.25) is 5.91 Å². The lowest BCUT2D eigenvalue weighted by Gasteiger charge is -2.33. The third kappa shape index (κ3) is 3.34. The van der Waals surface area contributed by atoms with Gasteiger partial charge >= 0.3 is 0 Å². The van der Waals surface area contributed by atoms with Crippen molar-refractivity contribution in [3.63, 3.8) is 0 Å². The Labute approximate surface area is 146 Å². The summed E-state index contributed by atoms with van der Waals surface area (Å²) in [6, 6.07) is 7.80. The van der Waals surface area contributed by atoms with Crippen LogP contribution in [0.4, 0.5) is 0 Å². The first-order valence-electron chi connectivity index (χ1n) is 8.86. The summed E-state index contributed by atoms with van der Waals surface area (Å²) in [6.07, 6.45) is 3.63. The molecule has 132 valence electrons. The molecule has 6 heteroatoms. The maximum absolute atomic E-state index is 12.5. The number of likely N-dealkylation sites (tertiary alicyclic amines) is 1. The van der Waals surface area contributed by atoms with Crippen LogP contribution in [0.5, 0.6) is 11.5 Å². The molecule has 0 spiro atoms. The first-order chi connectivity index (χ1) is 12.2. The smallest absolute Gasteiger partial charge is 0.228 e. The predicted octanol–water partition coefficient (Wildman–Crippen LogP) is 3.06. The predicted molar refractivity (Wildman–Crippen MR) is 91.7 cm³/mol. The third-order valence-electron chi connectivity index (χ3n) is 4.84. The van der Waals surface area contributed by atoms with Crippen LogP contribution in [0.2, 0.25) is 0 Å². The van der Waals surface area contributed by atoms with Gasteiger partial charge in [0.05, 0.1) is 12.1 Å². The first kappa shape index (κ1) is 16.0. The zero-order valence-corrected chi connectivity index (χ0v) is 14.4. The van der Waals surface area contributed by atoms with E-state index in [1.54, 1.807) is 0 Å². The molecule has 1 aromatic carbocycles. The number of nitrogens with zero attached hydrogens (tertiary/aromatic N) is 2. The van der Waals surface area contributed by atoms with Gasteiger partial charge in [0, 0.05) is 24.2 Å². The van der Waals surface area contributed by atoms with Gasteiger partial charge in [-0.2, -0.15) is 0 Å². The summed E-state index contributed by atoms with van der Waals surface area (Å²) in [5, 5.41) is 4.07. The van der Waals surface area contributed by atoms with Gasteiger partial charge in [-0.15, -0.1) is 0 Å². The highest BCUT2D eigenvalue weighted by Gasteiger charge is 2.24. The zero-order valence-electron chi connectivity index (χ0n) is 14.4. The van der Waals surface area contributed by atoms with Crippen molar-refractivity contribution >= 4 is 5.91 Å². The zero-order chi connectivity index (χ0) is 17.2. The first-order valence-corrected chi connectivity index (χ1v) is 8.86. The number of hydrogen-bond acceptors (Lipinski definition) is 5. The SMILES string of the molecule is CC1CCCCN1C(=O)Cc1cc(-c2ccc3c(c2)OCCO3)on1. The molecule has 1 amide bonds. The van der Waals surface area contributed by atoms with Crippen molar-refractivity contribution in [2.45, 2.75) is 38.6 Å². The van der Waals surface area contributed by atoms with Crippen molar-refractivity contribution in [3.05, 3.63) is 30.0 Å². The van der Waals surface area contributed by atoms with Gasteiger partial charge in [-0.05, 0) is 44.4 Å². The Kier molecular flexibility index (Phi) is 4.34. The van der Waals surface area contributed by atoms with Crippen molar-refractivity contribution in [3.8, 4) is 22.8 Å². The second-order valence-corrected chi connectivity index (χ2v) is 6.65. The van der Waals surface area contributed by atoms with Crippen molar-refractivity contribution < 1.29 is 18.8 Å². The fourth-order valence-corrected chi connectivity index (χ4v) is 3.45. The molecule has 1 fully saturated rings. The van der Waals surface area contributed by atoms with Crippen molar-refractivity contribution in [2.75, 3.05) is 19.8 Å². The summed E-state index contributed by atoms with van der Waals surface area (Å²) >= 11 is 0. The molecule has 2 aromatic rings. The molecule has 0 radical (unpaired) electrons. The van der Waals surface area contributed by atoms with Crippen LogP contribution in [-0.2, 0) is 11.2 Å². The highest BCUT2D eigenvalue weighted by Crippen LogP contribution is 2.34. The van der Waals surface area contributed by atoms with Gasteiger partial charge in [0.15, 0.2) is 17.3 Å². The molecule has 3 heterocycles. The van der Waals surface area contributed by atoms with Crippen LogP contribution >= 0.6 is 0 Å². The van der Waals surface area contributed by atoms with E-state index in [0.29, 0.717) is 36.5 Å². The van der Waals surface area contributed by atoms with E-state index in [2.05, 4.69) is 12.1 Å². The Morgan fingerprint density at radius 1 is 1.20 bits per heavy atom. The quantitative estimate of drug-likeness (QED) is 0.858. The maximum Gasteiger partial charge on any atom is 0.228 e. The van der Waals surface area contributed by atoms with Crippen LogP contribution in [0.3, 0.4) is 0 Å². The maximum atomic E-state index is 12.5. The summed E-state index contributed by atoms with van der Waals surface area (Å²) in [4.78, 5) is 14.5. The van der Waals surface area contributed by atoms with Crippen LogP contribution in [0, 0.1) is 0 Å². The number of piperidine rings is 1. The molecule has 6 nitrogen and oxygen atoms in total. The average Bonchev–Trinajstić information content (AvgIpc) is 3.10. The molecule has 1 saturated heterocycles. The van der Waals surface area contributed by atoms with Gasteiger partial charge in [-0.25, -0.2) is 0 Å². The Balaban J connectivity index is 1.47. The number of carbonyl (C=O) groups excluding carboxylic acids is 1. The number of carbonyl (C=O) groups is 1. The molecule has 0 bridgehead atoms. The van der Waals surface area contributed by atoms with Crippen molar-refractivity contribution in [1.29, 1.82) is 0 Å². The van der Waals surface area contributed by atoms with Crippen LogP contribution in [0.15, 0.2) is 28.8 Å². The highest BCUT2D eigenvalue weighted by molar-refractivity contribution is 5.79. The van der Waals surface area contributed by atoms with E-state index in [1.807, 2.05) is 29.2 Å². The van der Waals surface area contributed by atoms with Gasteiger partial charge in [-0.1, -0.05) is 5.16 Å². The van der Waals surface area contributed by atoms with E-state index in [1.165, 1.54) is 6.42 Å². The molecular weight excluding hydrogens is 320 g/mol. The van der Waals surface area contributed by atoms with E-state index >= 15 is 0 Å². The standard InChI is InChI=1S/C19H22N2O4/c1-13-4-2-3-7-21(13)19(22)12-15-11-17(25-20-15)14-5-6-16-18(10-14)24-9-8-23-16/h5-6,10-11,13H,2-4,7-9,12H2,1H3. The molecule has 0 saturated carbocycles. The normalized spacial score (nSPS) is 19.7. The lowest BCUT2D eigenvalue weighted by Crippen LogP contribution is -2.42. The average molecular weight is 342 g/mol. The van der Waals surface area contributed by atoms with E-state index in [-0.39, 0.29) is 12.3 Å². The molecule has 0 N–H and O–H groups in total. The van der Waals surface area contributed by atoms with Gasteiger partial charge < -0.3 is 18.9 Å². The van der Waals surface area contributed by atoms with Gasteiger partial charge in [-0.3, -0.25) is 4.79 Å². The number of fused-ring (bicyclic) bond motifs is 1. The van der Waals surface area contributed by atoms with E-state index in [9.17, 15) is 4.79 Å². The monoisotopic (exact) mass is 342 g/mol. The Morgan fingerprint density at radius 2 is 2.04 bits per heavy atom. The summed E-state index contributed by atoms with van der Waals surface area (Å²) in [6.45, 7) is 4.06. The number of aromatic nitrogens is 1. The molecule has 25 heavy (non-hydrogen) atoms. The number of ether oxygens (including phenoxy) is 2. The second-order valence-electron chi connectivity index (χ2n) is 6.65. The minimum atomic E-state index is 0.120. The lowest BCUT2D eigenvalue weighted by atomic mass is 10.0. The second kappa shape index (κ2) is 6.78. The largest absolute Gasteiger partial charge is 0.486 e. The van der Waals surface area contributed by atoms with Gasteiger partial charge in [0.1, 0.15) is 13.2 Å². The fourth-order valence-electron chi connectivity index (χ4n) is 3.45. The topological polar surface area (TPSA) is 64.8 Å². The molecule has 1 atom stereocenters. The molecule has 4 rings (SSSR count). The summed E-state index contributed by atoms with van der Waals surface area (Å²) in [7, 11) is 0. The van der Waals surface area contributed by atoms with Crippen LogP contribution < -0.4 is 9.47 Å². The summed E-state index contributed by atoms with van der Waals surface area (Å²) < 4.78 is 16.6.